The minimum absolute atomic E-state index is 0.171. The van der Waals surface area contributed by atoms with Crippen LogP contribution in [0.1, 0.15) is 12.5 Å². The second-order valence-corrected chi connectivity index (χ2v) is 5.67. The summed E-state index contributed by atoms with van der Waals surface area (Å²) in [5, 5.41) is 3.40. The first-order chi connectivity index (χ1) is 10.7. The molecule has 4 rings (SSSR count). The van der Waals surface area contributed by atoms with E-state index in [2.05, 4.69) is 17.1 Å². The van der Waals surface area contributed by atoms with Crippen LogP contribution in [0.4, 0.5) is 15.8 Å². The summed E-state index contributed by atoms with van der Waals surface area (Å²) in [6.07, 6.45) is 0. The Morgan fingerprint density at radius 3 is 2.82 bits per heavy atom. The van der Waals surface area contributed by atoms with Gasteiger partial charge in [0.15, 0.2) is 11.5 Å². The van der Waals surface area contributed by atoms with Crippen molar-refractivity contribution in [2.75, 3.05) is 23.6 Å². The van der Waals surface area contributed by atoms with Gasteiger partial charge in [0.25, 0.3) is 0 Å². The fourth-order valence-electron chi connectivity index (χ4n) is 2.97. The van der Waals surface area contributed by atoms with Crippen LogP contribution in [-0.2, 0) is 6.54 Å². The zero-order valence-corrected chi connectivity index (χ0v) is 12.3. The van der Waals surface area contributed by atoms with Gasteiger partial charge in [0.2, 0.25) is 6.79 Å². The number of nitrogens with zero attached hydrogens (tertiary/aromatic N) is 1. The molecule has 2 aromatic carbocycles. The first-order valence-electron chi connectivity index (χ1n) is 7.40. The Labute approximate surface area is 128 Å². The minimum Gasteiger partial charge on any atom is -0.454 e. The van der Waals surface area contributed by atoms with Gasteiger partial charge in [-0.1, -0.05) is 18.2 Å². The van der Waals surface area contributed by atoms with Crippen LogP contribution in [0.2, 0.25) is 0 Å². The highest BCUT2D eigenvalue weighted by atomic mass is 19.1. The van der Waals surface area contributed by atoms with Crippen molar-refractivity contribution in [1.29, 1.82) is 0 Å². The summed E-state index contributed by atoms with van der Waals surface area (Å²) < 4.78 is 24.9. The lowest BCUT2D eigenvalue weighted by atomic mass is 10.1. The van der Waals surface area contributed by atoms with E-state index in [4.69, 9.17) is 9.47 Å². The average Bonchev–Trinajstić information content (AvgIpc) is 2.97. The Kier molecular flexibility index (Phi) is 3.06. The number of benzene rings is 2. The SMILES string of the molecule is CC1CNc2cc3c(cc2N1Cc1ccccc1F)OCO3. The zero-order valence-electron chi connectivity index (χ0n) is 12.3. The second kappa shape index (κ2) is 5.09. The van der Waals surface area contributed by atoms with Crippen molar-refractivity contribution < 1.29 is 13.9 Å². The summed E-state index contributed by atoms with van der Waals surface area (Å²) in [7, 11) is 0. The van der Waals surface area contributed by atoms with Crippen molar-refractivity contribution in [3.8, 4) is 11.5 Å². The molecule has 0 aromatic heterocycles. The highest BCUT2D eigenvalue weighted by molar-refractivity contribution is 5.77. The summed E-state index contributed by atoms with van der Waals surface area (Å²) in [4.78, 5) is 2.20. The van der Waals surface area contributed by atoms with Gasteiger partial charge in [0, 0.05) is 36.8 Å². The third-order valence-electron chi connectivity index (χ3n) is 4.22. The smallest absolute Gasteiger partial charge is 0.231 e. The number of anilines is 2. The lowest BCUT2D eigenvalue weighted by molar-refractivity contribution is 0.174. The quantitative estimate of drug-likeness (QED) is 0.922. The van der Waals surface area contributed by atoms with Gasteiger partial charge in [0.05, 0.1) is 11.4 Å². The number of nitrogens with one attached hydrogen (secondary N) is 1. The molecule has 0 aliphatic carbocycles. The van der Waals surface area contributed by atoms with Crippen molar-refractivity contribution in [2.24, 2.45) is 0 Å². The number of fused-ring (bicyclic) bond motifs is 2. The second-order valence-electron chi connectivity index (χ2n) is 5.67. The van der Waals surface area contributed by atoms with Crippen LogP contribution in [-0.4, -0.2) is 19.4 Å². The molecule has 2 aliphatic rings. The number of halogens is 1. The van der Waals surface area contributed by atoms with Gasteiger partial charge in [-0.25, -0.2) is 4.39 Å². The van der Waals surface area contributed by atoms with Gasteiger partial charge >= 0.3 is 0 Å². The van der Waals surface area contributed by atoms with Crippen LogP contribution < -0.4 is 19.7 Å². The van der Waals surface area contributed by atoms with E-state index in [0.717, 1.165) is 29.4 Å². The summed E-state index contributed by atoms with van der Waals surface area (Å²) in [5.74, 6) is 1.33. The van der Waals surface area contributed by atoms with Crippen molar-refractivity contribution in [3.63, 3.8) is 0 Å². The van der Waals surface area contributed by atoms with E-state index in [9.17, 15) is 4.39 Å². The maximum atomic E-state index is 14.0. The Hall–Kier alpha value is -2.43. The fourth-order valence-corrected chi connectivity index (χ4v) is 2.97. The molecule has 1 N–H and O–H groups in total. The molecule has 0 fully saturated rings. The lowest BCUT2D eigenvalue weighted by Gasteiger charge is -2.38. The molecule has 0 spiro atoms. The van der Waals surface area contributed by atoms with E-state index < -0.39 is 0 Å². The van der Waals surface area contributed by atoms with Gasteiger partial charge in [-0.3, -0.25) is 0 Å². The predicted octanol–water partition coefficient (Wildman–Crippen LogP) is 3.38. The van der Waals surface area contributed by atoms with E-state index in [1.807, 2.05) is 24.3 Å². The molecule has 1 unspecified atom stereocenters. The molecule has 0 amide bonds. The molecule has 2 aliphatic heterocycles. The van der Waals surface area contributed by atoms with Gasteiger partial charge in [-0.05, 0) is 13.0 Å². The van der Waals surface area contributed by atoms with Crippen molar-refractivity contribution in [3.05, 3.63) is 47.8 Å². The van der Waals surface area contributed by atoms with Gasteiger partial charge in [0.1, 0.15) is 5.82 Å². The molecule has 114 valence electrons. The zero-order chi connectivity index (χ0) is 15.1. The molecule has 0 saturated carbocycles. The first kappa shape index (κ1) is 13.2. The van der Waals surface area contributed by atoms with E-state index in [-0.39, 0.29) is 18.7 Å². The largest absolute Gasteiger partial charge is 0.454 e. The molecule has 4 nitrogen and oxygen atoms in total. The molecule has 0 radical (unpaired) electrons. The van der Waals surface area contributed by atoms with Crippen LogP contribution in [0.5, 0.6) is 11.5 Å². The van der Waals surface area contributed by atoms with Crippen molar-refractivity contribution >= 4 is 11.4 Å². The normalized spacial score (nSPS) is 18.8. The average molecular weight is 300 g/mol. The molecular formula is C17H17FN2O2. The molecule has 2 heterocycles. The highest BCUT2D eigenvalue weighted by Crippen LogP contribution is 2.43. The maximum absolute atomic E-state index is 14.0. The van der Waals surface area contributed by atoms with Gasteiger partial charge < -0.3 is 19.7 Å². The van der Waals surface area contributed by atoms with Crippen LogP contribution in [0.25, 0.3) is 0 Å². The van der Waals surface area contributed by atoms with E-state index in [0.29, 0.717) is 12.1 Å². The maximum Gasteiger partial charge on any atom is 0.231 e. The number of rotatable bonds is 2. The lowest BCUT2D eigenvalue weighted by Crippen LogP contribution is -2.41. The molecule has 5 heteroatoms. The number of hydrogen-bond acceptors (Lipinski definition) is 4. The fraction of sp³-hybridized carbons (Fsp3) is 0.294. The molecular weight excluding hydrogens is 283 g/mol. The third kappa shape index (κ3) is 2.13. The summed E-state index contributed by atoms with van der Waals surface area (Å²) in [6, 6.07) is 11.1. The molecule has 22 heavy (non-hydrogen) atoms. The Bertz CT molecular complexity index is 720. The van der Waals surface area contributed by atoms with Crippen LogP contribution >= 0.6 is 0 Å². The topological polar surface area (TPSA) is 33.7 Å². The Morgan fingerprint density at radius 1 is 1.23 bits per heavy atom. The van der Waals surface area contributed by atoms with Gasteiger partial charge in [-0.2, -0.15) is 0 Å². The van der Waals surface area contributed by atoms with E-state index in [1.165, 1.54) is 6.07 Å². The monoisotopic (exact) mass is 300 g/mol. The van der Waals surface area contributed by atoms with Crippen LogP contribution in [0, 0.1) is 5.82 Å². The Morgan fingerprint density at radius 2 is 2.00 bits per heavy atom. The molecule has 2 aromatic rings. The molecule has 0 bridgehead atoms. The number of ether oxygens (including phenoxy) is 2. The van der Waals surface area contributed by atoms with Crippen molar-refractivity contribution in [2.45, 2.75) is 19.5 Å². The summed E-state index contributed by atoms with van der Waals surface area (Å²) in [6.45, 7) is 3.71. The summed E-state index contributed by atoms with van der Waals surface area (Å²) >= 11 is 0. The van der Waals surface area contributed by atoms with Crippen LogP contribution in [0.3, 0.4) is 0 Å². The van der Waals surface area contributed by atoms with E-state index >= 15 is 0 Å². The molecule has 1 atom stereocenters. The molecule has 0 saturated heterocycles. The van der Waals surface area contributed by atoms with E-state index in [1.54, 1.807) is 6.07 Å². The third-order valence-corrected chi connectivity index (χ3v) is 4.22. The minimum atomic E-state index is -0.171. The standard InChI is InChI=1S/C17H17FN2O2/c1-11-8-19-14-6-16-17(22-10-21-16)7-15(14)20(11)9-12-4-2-3-5-13(12)18/h2-7,11,19H,8-10H2,1H3. The predicted molar refractivity (Wildman–Crippen MR) is 83.1 cm³/mol. The van der Waals surface area contributed by atoms with Gasteiger partial charge in [-0.15, -0.1) is 0 Å². The first-order valence-corrected chi connectivity index (χ1v) is 7.40. The summed E-state index contributed by atoms with van der Waals surface area (Å²) in [5.41, 5.74) is 2.71. The highest BCUT2D eigenvalue weighted by Gasteiger charge is 2.27. The van der Waals surface area contributed by atoms with Crippen LogP contribution in [0.15, 0.2) is 36.4 Å². The Balaban J connectivity index is 1.73. The number of hydrogen-bond donors (Lipinski definition) is 1. The van der Waals surface area contributed by atoms with Crippen molar-refractivity contribution in [1.82, 2.24) is 0 Å².